The molecule has 0 radical (unpaired) electrons. The number of hydrogen-bond donors (Lipinski definition) is 1. The maximum Gasteiger partial charge on any atom is 0.150 e. The van der Waals surface area contributed by atoms with Crippen LogP contribution in [-0.2, 0) is 0 Å². The summed E-state index contributed by atoms with van der Waals surface area (Å²) in [5, 5.41) is 10.1. The Kier molecular flexibility index (Phi) is 6.34. The zero-order valence-corrected chi connectivity index (χ0v) is 20.2. The Balaban J connectivity index is 1.39. The van der Waals surface area contributed by atoms with Crippen molar-refractivity contribution in [3.8, 4) is 17.2 Å². The second kappa shape index (κ2) is 9.55. The lowest BCUT2D eigenvalue weighted by Gasteiger charge is -2.31. The van der Waals surface area contributed by atoms with Crippen LogP contribution >= 0.6 is 0 Å². The molecule has 2 aliphatic rings. The van der Waals surface area contributed by atoms with Crippen LogP contribution in [0.15, 0.2) is 72.8 Å². The minimum atomic E-state index is -0.237. The summed E-state index contributed by atoms with van der Waals surface area (Å²) in [6.07, 6.45) is 1.04. The summed E-state index contributed by atoms with van der Waals surface area (Å²) in [4.78, 5) is 2.52. The lowest BCUT2D eigenvalue weighted by atomic mass is 9.86. The van der Waals surface area contributed by atoms with Crippen LogP contribution in [0.25, 0.3) is 11.1 Å². The Morgan fingerprint density at radius 2 is 1.82 bits per heavy atom. The predicted molar refractivity (Wildman–Crippen MR) is 137 cm³/mol. The molecule has 1 fully saturated rings. The van der Waals surface area contributed by atoms with Crippen molar-refractivity contribution in [3.63, 3.8) is 0 Å². The van der Waals surface area contributed by atoms with Gasteiger partial charge in [0, 0.05) is 23.7 Å². The van der Waals surface area contributed by atoms with Gasteiger partial charge in [-0.05, 0) is 79.8 Å². The van der Waals surface area contributed by atoms with Gasteiger partial charge in [0.2, 0.25) is 0 Å². The van der Waals surface area contributed by atoms with Gasteiger partial charge in [-0.3, -0.25) is 4.90 Å². The summed E-state index contributed by atoms with van der Waals surface area (Å²) in [6, 6.07) is 24.3. The number of aromatic hydroxyl groups is 1. The van der Waals surface area contributed by atoms with E-state index in [0.29, 0.717) is 12.6 Å². The van der Waals surface area contributed by atoms with E-state index in [0.717, 1.165) is 58.3 Å². The van der Waals surface area contributed by atoms with Gasteiger partial charge in [-0.15, -0.1) is 0 Å². The van der Waals surface area contributed by atoms with Crippen molar-refractivity contribution in [2.45, 2.75) is 39.3 Å². The van der Waals surface area contributed by atoms with Gasteiger partial charge in [0.15, 0.2) is 0 Å². The lowest BCUT2D eigenvalue weighted by Crippen LogP contribution is -2.35. The lowest BCUT2D eigenvalue weighted by molar-refractivity contribution is 0.169. The van der Waals surface area contributed by atoms with Crippen LogP contribution in [-0.4, -0.2) is 35.7 Å². The van der Waals surface area contributed by atoms with Crippen LogP contribution in [0.4, 0.5) is 0 Å². The smallest absolute Gasteiger partial charge is 0.150 e. The van der Waals surface area contributed by atoms with Gasteiger partial charge < -0.3 is 14.6 Å². The molecular formula is C30H33NO3. The van der Waals surface area contributed by atoms with Gasteiger partial charge in [0.05, 0.1) is 0 Å². The molecule has 2 aliphatic heterocycles. The van der Waals surface area contributed by atoms with Crippen molar-refractivity contribution >= 4 is 11.1 Å². The molecule has 0 aliphatic carbocycles. The van der Waals surface area contributed by atoms with Gasteiger partial charge in [0.1, 0.15) is 30.0 Å². The Hall–Kier alpha value is -3.24. The maximum atomic E-state index is 10.1. The van der Waals surface area contributed by atoms with E-state index in [1.165, 1.54) is 6.42 Å². The molecule has 3 aromatic carbocycles. The van der Waals surface area contributed by atoms with E-state index in [1.54, 1.807) is 12.1 Å². The standard InChI is InChI=1S/C30H33NO3/c1-20-15-16-31(18-20)21(2)19-33-26-12-9-24(10-13-26)30-29(23-7-5-4-6-8-23)22(3)27-17-25(32)11-14-28(27)34-30/h4-14,17,20-21,30,32H,15-16,18-19H2,1-3H3/t20-,21+,30?/m1/s1. The summed E-state index contributed by atoms with van der Waals surface area (Å²) < 4.78 is 12.6. The Bertz CT molecular complexity index is 1170. The van der Waals surface area contributed by atoms with Gasteiger partial charge in [0.25, 0.3) is 0 Å². The molecule has 34 heavy (non-hydrogen) atoms. The first-order chi connectivity index (χ1) is 16.5. The molecular weight excluding hydrogens is 422 g/mol. The first kappa shape index (κ1) is 22.5. The topological polar surface area (TPSA) is 41.9 Å². The van der Waals surface area contributed by atoms with Crippen molar-refractivity contribution in [1.29, 1.82) is 0 Å². The van der Waals surface area contributed by atoms with Gasteiger partial charge in [-0.25, -0.2) is 0 Å². The highest BCUT2D eigenvalue weighted by atomic mass is 16.5. The highest BCUT2D eigenvalue weighted by molar-refractivity contribution is 5.95. The Labute approximate surface area is 202 Å². The molecule has 0 spiro atoms. The fraction of sp³-hybridized carbons (Fsp3) is 0.333. The van der Waals surface area contributed by atoms with E-state index in [9.17, 15) is 5.11 Å². The Morgan fingerprint density at radius 3 is 2.53 bits per heavy atom. The van der Waals surface area contributed by atoms with Crippen LogP contribution < -0.4 is 9.47 Å². The van der Waals surface area contributed by atoms with Crippen molar-refractivity contribution in [2.24, 2.45) is 5.92 Å². The highest BCUT2D eigenvalue weighted by Crippen LogP contribution is 2.47. The first-order valence-electron chi connectivity index (χ1n) is 12.2. The van der Waals surface area contributed by atoms with E-state index < -0.39 is 0 Å². The third-order valence-electron chi connectivity index (χ3n) is 7.12. The van der Waals surface area contributed by atoms with E-state index in [1.807, 2.05) is 36.4 Å². The molecule has 1 saturated heterocycles. The van der Waals surface area contributed by atoms with E-state index >= 15 is 0 Å². The molecule has 0 amide bonds. The average molecular weight is 456 g/mol. The number of phenols is 1. The monoisotopic (exact) mass is 455 g/mol. The second-order valence-electron chi connectivity index (χ2n) is 9.70. The molecule has 1 unspecified atom stereocenters. The molecule has 3 aromatic rings. The van der Waals surface area contributed by atoms with Gasteiger partial charge in [-0.1, -0.05) is 49.4 Å². The third-order valence-corrected chi connectivity index (χ3v) is 7.12. The molecule has 0 saturated carbocycles. The second-order valence-corrected chi connectivity index (χ2v) is 9.70. The molecule has 176 valence electrons. The highest BCUT2D eigenvalue weighted by Gasteiger charge is 2.29. The van der Waals surface area contributed by atoms with Crippen LogP contribution in [0, 0.1) is 5.92 Å². The molecule has 1 N–H and O–H groups in total. The zero-order valence-electron chi connectivity index (χ0n) is 20.2. The number of nitrogens with zero attached hydrogens (tertiary/aromatic N) is 1. The third kappa shape index (κ3) is 4.55. The number of benzene rings is 3. The van der Waals surface area contributed by atoms with Crippen LogP contribution in [0.5, 0.6) is 17.2 Å². The molecule has 5 rings (SSSR count). The molecule has 3 atom stereocenters. The molecule has 0 aromatic heterocycles. The van der Waals surface area contributed by atoms with Crippen LogP contribution in [0.1, 0.15) is 50.0 Å². The number of phenolic OH excluding ortho intramolecular Hbond substituents is 1. The van der Waals surface area contributed by atoms with Crippen molar-refractivity contribution < 1.29 is 14.6 Å². The minimum absolute atomic E-state index is 0.237. The van der Waals surface area contributed by atoms with Crippen molar-refractivity contribution in [3.05, 3.63) is 89.5 Å². The molecule has 4 heteroatoms. The van der Waals surface area contributed by atoms with Gasteiger partial charge in [-0.2, -0.15) is 0 Å². The summed E-state index contributed by atoms with van der Waals surface area (Å²) in [5.41, 5.74) is 5.35. The fourth-order valence-corrected chi connectivity index (χ4v) is 5.09. The Morgan fingerprint density at radius 1 is 1.06 bits per heavy atom. The van der Waals surface area contributed by atoms with E-state index in [-0.39, 0.29) is 11.9 Å². The number of rotatable bonds is 6. The summed E-state index contributed by atoms with van der Waals surface area (Å²) in [5.74, 6) is 2.69. The zero-order chi connectivity index (χ0) is 23.7. The SMILES string of the molecule is CC1=C(c2ccccc2)C(c2ccc(OC[C@H](C)N3CC[C@@H](C)C3)cc2)Oc2ccc(O)cc21. The van der Waals surface area contributed by atoms with Crippen LogP contribution in [0.3, 0.4) is 0 Å². The number of hydrogen-bond acceptors (Lipinski definition) is 4. The minimum Gasteiger partial charge on any atom is -0.508 e. The molecule has 2 heterocycles. The average Bonchev–Trinajstić information content (AvgIpc) is 3.30. The molecule has 0 bridgehead atoms. The summed E-state index contributed by atoms with van der Waals surface area (Å²) in [7, 11) is 0. The first-order valence-corrected chi connectivity index (χ1v) is 12.2. The normalized spacial score (nSPS) is 21.1. The summed E-state index contributed by atoms with van der Waals surface area (Å²) >= 11 is 0. The molecule has 4 nitrogen and oxygen atoms in total. The quantitative estimate of drug-likeness (QED) is 0.457. The number of ether oxygens (including phenoxy) is 2. The summed E-state index contributed by atoms with van der Waals surface area (Å²) in [6.45, 7) is 9.69. The fourth-order valence-electron chi connectivity index (χ4n) is 5.09. The maximum absolute atomic E-state index is 10.1. The largest absolute Gasteiger partial charge is 0.508 e. The van der Waals surface area contributed by atoms with E-state index in [2.05, 4.69) is 49.9 Å². The number of likely N-dealkylation sites (tertiary alicyclic amines) is 1. The van der Waals surface area contributed by atoms with Gasteiger partial charge >= 0.3 is 0 Å². The van der Waals surface area contributed by atoms with E-state index in [4.69, 9.17) is 9.47 Å². The van der Waals surface area contributed by atoms with Crippen molar-refractivity contribution in [2.75, 3.05) is 19.7 Å². The van der Waals surface area contributed by atoms with Crippen LogP contribution in [0.2, 0.25) is 0 Å². The number of allylic oxidation sites excluding steroid dienone is 1. The number of fused-ring (bicyclic) bond motifs is 1. The van der Waals surface area contributed by atoms with Crippen molar-refractivity contribution in [1.82, 2.24) is 4.90 Å². The predicted octanol–water partition coefficient (Wildman–Crippen LogP) is 6.57.